The first-order valence-corrected chi connectivity index (χ1v) is 26.2. The molecule has 0 aliphatic heterocycles. The minimum atomic E-state index is -4.88. The molecular formula is C48H74CaO14S2. The van der Waals surface area contributed by atoms with Gasteiger partial charge in [0.25, 0.3) is 0 Å². The predicted molar refractivity (Wildman–Crippen MR) is 249 cm³/mol. The SMILES string of the molecule is CCCCCC(CC)OC(=O)c1cc(C(=O)OC(CC)CCCCC)cc(S(=O)(=O)[O-])c1.CCCCCC(CC)OC(=O)c1cc(C(=O)OC(CC)CCCCC)cc(S(=O)(=O)[O-])c1.[Ca+2]. The number of esters is 4. The van der Waals surface area contributed by atoms with Crippen LogP contribution in [0.2, 0.25) is 0 Å². The summed E-state index contributed by atoms with van der Waals surface area (Å²) in [6.07, 6.45) is 15.8. The van der Waals surface area contributed by atoms with E-state index in [9.17, 15) is 45.1 Å². The quantitative estimate of drug-likeness (QED) is 0.0234. The zero-order chi connectivity index (χ0) is 48.3. The van der Waals surface area contributed by atoms with E-state index in [4.69, 9.17) is 18.9 Å². The maximum Gasteiger partial charge on any atom is 2.00 e. The molecule has 65 heavy (non-hydrogen) atoms. The smallest absolute Gasteiger partial charge is 0.744 e. The van der Waals surface area contributed by atoms with Crippen LogP contribution in [-0.4, -0.2) is 112 Å². The van der Waals surface area contributed by atoms with E-state index >= 15 is 0 Å². The van der Waals surface area contributed by atoms with E-state index in [2.05, 4.69) is 27.7 Å². The van der Waals surface area contributed by atoms with Gasteiger partial charge in [0.05, 0.1) is 32.0 Å². The average molecular weight is 979 g/mol. The topological polar surface area (TPSA) is 220 Å². The van der Waals surface area contributed by atoms with Crippen LogP contribution >= 0.6 is 0 Å². The third-order valence-corrected chi connectivity index (χ3v) is 12.4. The molecule has 0 aliphatic rings. The van der Waals surface area contributed by atoms with E-state index < -0.39 is 53.9 Å². The van der Waals surface area contributed by atoms with Crippen molar-refractivity contribution in [1.82, 2.24) is 0 Å². The predicted octanol–water partition coefficient (Wildman–Crippen LogP) is 10.9. The van der Waals surface area contributed by atoms with Crippen LogP contribution < -0.4 is 0 Å². The van der Waals surface area contributed by atoms with Crippen molar-refractivity contribution < 1.29 is 64.1 Å². The van der Waals surface area contributed by atoms with Gasteiger partial charge in [-0.1, -0.05) is 107 Å². The summed E-state index contributed by atoms with van der Waals surface area (Å²) < 4.78 is 91.8. The molecule has 2 rings (SSSR count). The zero-order valence-electron chi connectivity index (χ0n) is 40.2. The molecule has 0 radical (unpaired) electrons. The van der Waals surface area contributed by atoms with Gasteiger partial charge in [0, 0.05) is 0 Å². The zero-order valence-corrected chi connectivity index (χ0v) is 44.0. The van der Waals surface area contributed by atoms with Gasteiger partial charge < -0.3 is 28.1 Å². The first kappa shape index (κ1) is 62.4. The van der Waals surface area contributed by atoms with Crippen LogP contribution in [0.5, 0.6) is 0 Å². The maximum atomic E-state index is 12.7. The Balaban J connectivity index is 0.00000124. The summed E-state index contributed by atoms with van der Waals surface area (Å²) >= 11 is 0. The molecule has 17 heteroatoms. The number of ether oxygens (including phenoxy) is 4. The molecule has 4 atom stereocenters. The van der Waals surface area contributed by atoms with Crippen LogP contribution in [0.25, 0.3) is 0 Å². The van der Waals surface area contributed by atoms with Crippen molar-refractivity contribution in [3.63, 3.8) is 0 Å². The van der Waals surface area contributed by atoms with Gasteiger partial charge in [-0.3, -0.25) is 0 Å². The summed E-state index contributed by atoms with van der Waals surface area (Å²) in [4.78, 5) is 49.4. The van der Waals surface area contributed by atoms with Gasteiger partial charge in [0.2, 0.25) is 0 Å². The molecule has 0 aliphatic carbocycles. The molecule has 0 fully saturated rings. The molecule has 0 saturated heterocycles. The standard InChI is InChI=1S/2C24H38O7S.Ca/c2*1-5-9-11-13-20(7-3)30-23(25)18-15-19(17-22(16-18)32(27,28)29)24(26)31-21(8-4)14-12-10-6-2;/h2*15-17,20-21H,5-14H2,1-4H3,(H,27,28,29);/q;;+2/p-2. The van der Waals surface area contributed by atoms with Gasteiger partial charge in [-0.2, -0.15) is 0 Å². The maximum absolute atomic E-state index is 12.7. The Morgan fingerprint density at radius 1 is 0.400 bits per heavy atom. The molecule has 0 heterocycles. The van der Waals surface area contributed by atoms with Crippen LogP contribution in [0.3, 0.4) is 0 Å². The fourth-order valence-electron chi connectivity index (χ4n) is 6.71. The number of carbonyl (C=O) groups excluding carboxylic acids is 4. The molecule has 0 N–H and O–H groups in total. The first-order valence-electron chi connectivity index (χ1n) is 23.4. The van der Waals surface area contributed by atoms with Crippen LogP contribution in [0, 0.1) is 0 Å². The van der Waals surface area contributed by atoms with E-state index in [0.29, 0.717) is 51.4 Å². The number of hydrogen-bond donors (Lipinski definition) is 0. The molecule has 2 aromatic rings. The molecular weight excluding hydrogens is 905 g/mol. The Labute approximate surface area is 419 Å². The van der Waals surface area contributed by atoms with Crippen molar-refractivity contribution in [3.8, 4) is 0 Å². The molecule has 364 valence electrons. The second-order valence-electron chi connectivity index (χ2n) is 16.1. The van der Waals surface area contributed by atoms with E-state index in [0.717, 1.165) is 101 Å². The van der Waals surface area contributed by atoms with Crippen LogP contribution in [0.15, 0.2) is 46.2 Å². The van der Waals surface area contributed by atoms with E-state index in [-0.39, 0.29) is 84.4 Å². The summed E-state index contributed by atoms with van der Waals surface area (Å²) in [6.45, 7) is 15.9. The van der Waals surface area contributed by atoms with Gasteiger partial charge in [0.15, 0.2) is 0 Å². The van der Waals surface area contributed by atoms with Crippen molar-refractivity contribution in [1.29, 1.82) is 0 Å². The molecule has 0 aromatic heterocycles. The molecule has 0 amide bonds. The van der Waals surface area contributed by atoms with Gasteiger partial charge in [-0.25, -0.2) is 36.0 Å². The Hall–Kier alpha value is -2.60. The molecule has 0 saturated carbocycles. The molecule has 4 unspecified atom stereocenters. The largest absolute Gasteiger partial charge is 2.00 e. The Morgan fingerprint density at radius 2 is 0.600 bits per heavy atom. The van der Waals surface area contributed by atoms with Crippen molar-refractivity contribution in [2.24, 2.45) is 0 Å². The fraction of sp³-hybridized carbons (Fsp3) is 0.667. The Morgan fingerprint density at radius 3 is 0.754 bits per heavy atom. The minimum Gasteiger partial charge on any atom is -0.744 e. The van der Waals surface area contributed by atoms with Gasteiger partial charge in [-0.15, -0.1) is 0 Å². The van der Waals surface area contributed by atoms with Gasteiger partial charge in [-0.05, 0) is 113 Å². The summed E-state index contributed by atoms with van der Waals surface area (Å²) in [6, 6.07) is 6.29. The summed E-state index contributed by atoms with van der Waals surface area (Å²) in [5, 5.41) is 0. The van der Waals surface area contributed by atoms with E-state index in [1.807, 2.05) is 27.7 Å². The second-order valence-corrected chi connectivity index (χ2v) is 18.9. The van der Waals surface area contributed by atoms with Crippen LogP contribution in [-0.2, 0) is 39.2 Å². The summed E-state index contributed by atoms with van der Waals surface area (Å²) in [5.41, 5.74) is -0.604. The van der Waals surface area contributed by atoms with Crippen LogP contribution in [0.4, 0.5) is 0 Å². The van der Waals surface area contributed by atoms with Crippen molar-refractivity contribution in [3.05, 3.63) is 58.7 Å². The number of hydrogen-bond acceptors (Lipinski definition) is 14. The van der Waals surface area contributed by atoms with Gasteiger partial charge >= 0.3 is 61.6 Å². The molecule has 0 spiro atoms. The van der Waals surface area contributed by atoms with E-state index in [1.54, 1.807) is 0 Å². The fourth-order valence-corrected chi connectivity index (χ4v) is 7.79. The summed E-state index contributed by atoms with van der Waals surface area (Å²) in [7, 11) is -9.77. The van der Waals surface area contributed by atoms with Crippen LogP contribution in [0.1, 0.15) is 225 Å². The minimum absolute atomic E-state index is 0. The Kier molecular flexibility index (Phi) is 32.5. The third-order valence-electron chi connectivity index (χ3n) is 10.8. The monoisotopic (exact) mass is 978 g/mol. The molecule has 0 bridgehead atoms. The second kappa shape index (κ2) is 33.8. The number of rotatable bonds is 30. The van der Waals surface area contributed by atoms with Crippen molar-refractivity contribution in [2.75, 3.05) is 0 Å². The average Bonchev–Trinajstić information content (AvgIpc) is 3.26. The number of carbonyl (C=O) groups is 4. The first-order chi connectivity index (χ1) is 30.3. The summed E-state index contributed by atoms with van der Waals surface area (Å²) in [5.74, 6) is -3.04. The Bertz CT molecular complexity index is 1710. The van der Waals surface area contributed by atoms with Crippen molar-refractivity contribution >= 4 is 81.9 Å². The van der Waals surface area contributed by atoms with E-state index in [1.165, 1.54) is 12.1 Å². The normalized spacial score (nSPS) is 13.2. The third kappa shape index (κ3) is 24.8. The van der Waals surface area contributed by atoms with Gasteiger partial charge in [0.1, 0.15) is 44.7 Å². The molecule has 14 nitrogen and oxygen atoms in total. The molecule has 2 aromatic carbocycles. The number of benzene rings is 2. The van der Waals surface area contributed by atoms with Crippen molar-refractivity contribution in [2.45, 2.75) is 218 Å². The number of unbranched alkanes of at least 4 members (excludes halogenated alkanes) is 8.